The third-order valence-electron chi connectivity index (χ3n) is 5.22. The van der Waals surface area contributed by atoms with Gasteiger partial charge >= 0.3 is 0 Å². The maximum atomic E-state index is 4.01. The minimum Gasteiger partial charge on any atom is -0.103 e. The van der Waals surface area contributed by atoms with Gasteiger partial charge in [0.05, 0.1) is 0 Å². The summed E-state index contributed by atoms with van der Waals surface area (Å²) in [7, 11) is 0. The van der Waals surface area contributed by atoms with Crippen LogP contribution in [0.3, 0.4) is 0 Å². The van der Waals surface area contributed by atoms with E-state index in [1.54, 1.807) is 6.42 Å². The molecule has 4 atom stereocenters. The van der Waals surface area contributed by atoms with E-state index in [-0.39, 0.29) is 0 Å². The molecule has 0 aliphatic heterocycles. The molecule has 3 unspecified atom stereocenters. The summed E-state index contributed by atoms with van der Waals surface area (Å²) in [6, 6.07) is 0. The highest BCUT2D eigenvalue weighted by Gasteiger charge is 2.83. The van der Waals surface area contributed by atoms with E-state index in [0.29, 0.717) is 0 Å². The van der Waals surface area contributed by atoms with Crippen molar-refractivity contribution in [2.24, 2.45) is 22.7 Å². The molecule has 0 radical (unpaired) electrons. The van der Waals surface area contributed by atoms with Crippen molar-refractivity contribution in [2.75, 3.05) is 0 Å². The van der Waals surface area contributed by atoms with Gasteiger partial charge in [0, 0.05) is 0 Å². The summed E-state index contributed by atoms with van der Waals surface area (Å²) in [6.07, 6.45) is 9.75. The summed E-state index contributed by atoms with van der Waals surface area (Å²) in [6.45, 7) is 6.37. The minimum absolute atomic E-state index is 0.801. The quantitative estimate of drug-likeness (QED) is 0.546. The van der Waals surface area contributed by atoms with Crippen LogP contribution < -0.4 is 0 Å². The Balaban J connectivity index is 1.95. The van der Waals surface area contributed by atoms with Crippen molar-refractivity contribution in [3.8, 4) is 0 Å². The number of rotatable bonds is 2. The van der Waals surface area contributed by atoms with Crippen molar-refractivity contribution in [3.63, 3.8) is 0 Å². The highest BCUT2D eigenvalue weighted by Crippen LogP contribution is 2.90. The average Bonchev–Trinajstić information content (AvgIpc) is 2.51. The van der Waals surface area contributed by atoms with Crippen molar-refractivity contribution >= 4 is 0 Å². The number of hydrogen-bond acceptors (Lipinski definition) is 0. The highest BCUT2D eigenvalue weighted by molar-refractivity contribution is 5.34. The molecule has 0 bridgehead atoms. The molecular formula is C12H18. The molecule has 0 spiro atoms. The minimum atomic E-state index is 0.801. The van der Waals surface area contributed by atoms with Crippen LogP contribution in [-0.4, -0.2) is 0 Å². The molecule has 3 fully saturated rings. The van der Waals surface area contributed by atoms with Gasteiger partial charge in [-0.2, -0.15) is 0 Å². The van der Waals surface area contributed by atoms with Gasteiger partial charge in [-0.25, -0.2) is 0 Å². The van der Waals surface area contributed by atoms with Crippen LogP contribution in [-0.2, 0) is 0 Å². The number of hydrogen-bond donors (Lipinski definition) is 0. The van der Waals surface area contributed by atoms with E-state index in [1.165, 1.54) is 25.7 Å². The second-order valence-electron chi connectivity index (χ2n) is 5.12. The zero-order valence-electron chi connectivity index (χ0n) is 7.97. The largest absolute Gasteiger partial charge is 0.103 e. The molecular weight excluding hydrogens is 144 g/mol. The molecule has 0 aromatic carbocycles. The lowest BCUT2D eigenvalue weighted by molar-refractivity contribution is 0.0343. The van der Waals surface area contributed by atoms with Crippen LogP contribution in [0.1, 0.15) is 39.0 Å². The first-order valence-corrected chi connectivity index (χ1v) is 5.43. The zero-order chi connectivity index (χ0) is 8.40. The van der Waals surface area contributed by atoms with Gasteiger partial charge in [-0.15, -0.1) is 6.58 Å². The summed E-state index contributed by atoms with van der Waals surface area (Å²) in [4.78, 5) is 0. The van der Waals surface area contributed by atoms with Crippen LogP contribution in [0.2, 0.25) is 0 Å². The molecule has 0 saturated heterocycles. The van der Waals surface area contributed by atoms with Gasteiger partial charge in [-0.05, 0) is 41.9 Å². The molecule has 0 heterocycles. The molecule has 3 rings (SSSR count). The summed E-state index contributed by atoms with van der Waals surface area (Å²) < 4.78 is 0. The maximum Gasteiger partial charge on any atom is -0.0140 e. The van der Waals surface area contributed by atoms with Crippen LogP contribution in [0.15, 0.2) is 12.7 Å². The fourth-order valence-electron chi connectivity index (χ4n) is 4.88. The molecule has 0 heteroatoms. The van der Waals surface area contributed by atoms with Crippen molar-refractivity contribution in [3.05, 3.63) is 12.7 Å². The van der Waals surface area contributed by atoms with Gasteiger partial charge in [-0.3, -0.25) is 0 Å². The summed E-state index contributed by atoms with van der Waals surface area (Å²) in [5, 5.41) is 0. The first-order chi connectivity index (χ1) is 5.81. The smallest absolute Gasteiger partial charge is 0.0140 e. The van der Waals surface area contributed by atoms with Crippen molar-refractivity contribution in [1.82, 2.24) is 0 Å². The lowest BCUT2D eigenvalue weighted by atomic mass is 9.57. The number of allylic oxidation sites excluding steroid dienone is 1. The highest BCUT2D eigenvalue weighted by atomic mass is 14.9. The van der Waals surface area contributed by atoms with Crippen LogP contribution in [0.25, 0.3) is 0 Å². The fraction of sp³-hybridized carbons (Fsp3) is 0.833. The van der Waals surface area contributed by atoms with Crippen molar-refractivity contribution in [1.29, 1.82) is 0 Å². The molecule has 0 N–H and O–H groups in total. The Bertz CT molecular complexity index is 242. The summed E-state index contributed by atoms with van der Waals surface area (Å²) in [5.74, 6) is 1.91. The van der Waals surface area contributed by atoms with Crippen LogP contribution in [0.5, 0.6) is 0 Å². The fourth-order valence-corrected chi connectivity index (χ4v) is 4.88. The first-order valence-electron chi connectivity index (χ1n) is 5.43. The third-order valence-corrected chi connectivity index (χ3v) is 5.22. The Morgan fingerprint density at radius 2 is 2.17 bits per heavy atom. The normalized spacial score (nSPS) is 60.1. The van der Waals surface area contributed by atoms with Gasteiger partial charge in [0.25, 0.3) is 0 Å². The molecule has 0 nitrogen and oxygen atoms in total. The Labute approximate surface area is 75.0 Å². The SMILES string of the molecule is C=CC1[C@@H](CC)C23CCCC12C3. The monoisotopic (exact) mass is 162 g/mol. The van der Waals surface area contributed by atoms with E-state index in [2.05, 4.69) is 19.6 Å². The van der Waals surface area contributed by atoms with Gasteiger partial charge < -0.3 is 0 Å². The van der Waals surface area contributed by atoms with Gasteiger partial charge in [0.15, 0.2) is 0 Å². The third kappa shape index (κ3) is 0.448. The Kier molecular flexibility index (Phi) is 1.08. The molecule has 12 heavy (non-hydrogen) atoms. The molecule has 0 aromatic rings. The Hall–Kier alpha value is -0.260. The molecule has 66 valence electrons. The van der Waals surface area contributed by atoms with Gasteiger partial charge in [0.1, 0.15) is 0 Å². The lowest BCUT2D eigenvalue weighted by Gasteiger charge is -2.47. The molecule has 3 aliphatic carbocycles. The van der Waals surface area contributed by atoms with E-state index in [9.17, 15) is 0 Å². The maximum absolute atomic E-state index is 4.01. The van der Waals surface area contributed by atoms with Crippen LogP contribution in [0.4, 0.5) is 0 Å². The van der Waals surface area contributed by atoms with E-state index in [4.69, 9.17) is 0 Å². The van der Waals surface area contributed by atoms with Crippen LogP contribution >= 0.6 is 0 Å². The first kappa shape index (κ1) is 7.17. The predicted octanol–water partition coefficient (Wildman–Crippen LogP) is 3.39. The van der Waals surface area contributed by atoms with Gasteiger partial charge in [-0.1, -0.05) is 25.8 Å². The zero-order valence-corrected chi connectivity index (χ0v) is 7.97. The predicted molar refractivity (Wildman–Crippen MR) is 50.8 cm³/mol. The van der Waals surface area contributed by atoms with Crippen molar-refractivity contribution < 1.29 is 0 Å². The van der Waals surface area contributed by atoms with E-state index in [0.717, 1.165) is 22.7 Å². The Morgan fingerprint density at radius 1 is 1.42 bits per heavy atom. The Morgan fingerprint density at radius 3 is 2.83 bits per heavy atom. The topological polar surface area (TPSA) is 0 Å². The van der Waals surface area contributed by atoms with E-state index >= 15 is 0 Å². The summed E-state index contributed by atoms with van der Waals surface area (Å²) in [5.41, 5.74) is 1.65. The molecule has 0 aromatic heterocycles. The molecule has 3 saturated carbocycles. The van der Waals surface area contributed by atoms with E-state index in [1.807, 2.05) is 0 Å². The molecule has 3 aliphatic rings. The lowest BCUT2D eigenvalue weighted by Crippen LogP contribution is -2.41. The molecule has 0 amide bonds. The van der Waals surface area contributed by atoms with Gasteiger partial charge in [0.2, 0.25) is 0 Å². The standard InChI is InChI=1S/C12H18/c1-3-9-10(4-2)12-7-5-6-11(9,12)8-12/h3,9-10H,1,4-8H2,2H3/t9?,10-,11?,12?/m1/s1. The van der Waals surface area contributed by atoms with Crippen molar-refractivity contribution in [2.45, 2.75) is 39.0 Å². The average molecular weight is 162 g/mol. The second kappa shape index (κ2) is 1.81. The summed E-state index contributed by atoms with van der Waals surface area (Å²) >= 11 is 0. The van der Waals surface area contributed by atoms with Crippen LogP contribution in [0, 0.1) is 22.7 Å². The van der Waals surface area contributed by atoms with E-state index < -0.39 is 0 Å². The second-order valence-corrected chi connectivity index (χ2v) is 5.12.